The van der Waals surface area contributed by atoms with E-state index in [4.69, 9.17) is 10.5 Å². The zero-order valence-corrected chi connectivity index (χ0v) is 6.75. The third-order valence-corrected chi connectivity index (χ3v) is 2.66. The summed E-state index contributed by atoms with van der Waals surface area (Å²) >= 11 is 0. The standard InChI is InChI=1S/C9H15NO/c10-5-8-4-9(8)7-2-1-3-11-6-7/h6,8-9H,1-5,10H2/t8-,9-/m0/s1. The molecule has 2 N–H and O–H groups in total. The molecule has 1 heterocycles. The van der Waals surface area contributed by atoms with Crippen LogP contribution in [-0.4, -0.2) is 13.2 Å². The van der Waals surface area contributed by atoms with Crippen molar-refractivity contribution < 1.29 is 4.74 Å². The van der Waals surface area contributed by atoms with E-state index in [-0.39, 0.29) is 0 Å². The molecule has 2 heteroatoms. The maximum absolute atomic E-state index is 5.56. The Balaban J connectivity index is 1.90. The maximum atomic E-state index is 5.56. The molecule has 2 aliphatic rings. The predicted molar refractivity (Wildman–Crippen MR) is 43.9 cm³/mol. The van der Waals surface area contributed by atoms with Gasteiger partial charge in [-0.05, 0) is 43.2 Å². The Morgan fingerprint density at radius 3 is 3.09 bits per heavy atom. The number of allylic oxidation sites excluding steroid dienone is 1. The van der Waals surface area contributed by atoms with E-state index in [9.17, 15) is 0 Å². The molecule has 11 heavy (non-hydrogen) atoms. The van der Waals surface area contributed by atoms with Gasteiger partial charge in [-0.15, -0.1) is 0 Å². The van der Waals surface area contributed by atoms with Crippen LogP contribution in [0.3, 0.4) is 0 Å². The van der Waals surface area contributed by atoms with Crippen molar-refractivity contribution >= 4 is 0 Å². The Hall–Kier alpha value is -0.500. The van der Waals surface area contributed by atoms with Crippen LogP contribution >= 0.6 is 0 Å². The lowest BCUT2D eigenvalue weighted by atomic mass is 10.0. The van der Waals surface area contributed by atoms with Gasteiger partial charge in [-0.2, -0.15) is 0 Å². The van der Waals surface area contributed by atoms with E-state index in [2.05, 4.69) is 0 Å². The molecule has 2 atom stereocenters. The predicted octanol–water partition coefficient (Wildman–Crippen LogP) is 1.28. The van der Waals surface area contributed by atoms with Crippen LogP contribution in [0.4, 0.5) is 0 Å². The van der Waals surface area contributed by atoms with Gasteiger partial charge < -0.3 is 10.5 Å². The van der Waals surface area contributed by atoms with E-state index < -0.39 is 0 Å². The molecule has 0 radical (unpaired) electrons. The van der Waals surface area contributed by atoms with Crippen LogP contribution in [0.15, 0.2) is 11.8 Å². The Bertz CT molecular complexity index is 176. The van der Waals surface area contributed by atoms with Gasteiger partial charge >= 0.3 is 0 Å². The quantitative estimate of drug-likeness (QED) is 0.648. The molecule has 2 rings (SSSR count). The molecule has 0 aromatic carbocycles. The molecule has 0 saturated heterocycles. The summed E-state index contributed by atoms with van der Waals surface area (Å²) in [4.78, 5) is 0. The lowest BCUT2D eigenvalue weighted by molar-refractivity contribution is 0.221. The van der Waals surface area contributed by atoms with Gasteiger partial charge in [0.15, 0.2) is 0 Å². The van der Waals surface area contributed by atoms with Crippen LogP contribution in [0.25, 0.3) is 0 Å². The van der Waals surface area contributed by atoms with E-state index in [1.807, 2.05) is 6.26 Å². The smallest absolute Gasteiger partial charge is 0.0876 e. The van der Waals surface area contributed by atoms with Crippen molar-refractivity contribution in [2.75, 3.05) is 13.2 Å². The Labute approximate surface area is 67.4 Å². The maximum Gasteiger partial charge on any atom is 0.0876 e. The largest absolute Gasteiger partial charge is 0.501 e. The van der Waals surface area contributed by atoms with Crippen LogP contribution in [0, 0.1) is 11.8 Å². The van der Waals surface area contributed by atoms with Gasteiger partial charge in [0.05, 0.1) is 12.9 Å². The highest BCUT2D eigenvalue weighted by atomic mass is 16.5. The third kappa shape index (κ3) is 1.41. The lowest BCUT2D eigenvalue weighted by Gasteiger charge is -2.12. The summed E-state index contributed by atoms with van der Waals surface area (Å²) in [7, 11) is 0. The fraction of sp³-hybridized carbons (Fsp3) is 0.778. The van der Waals surface area contributed by atoms with Crippen molar-refractivity contribution in [2.45, 2.75) is 19.3 Å². The molecular formula is C9H15NO. The summed E-state index contributed by atoms with van der Waals surface area (Å²) in [5.74, 6) is 1.54. The molecular weight excluding hydrogens is 138 g/mol. The summed E-state index contributed by atoms with van der Waals surface area (Å²) in [5.41, 5.74) is 7.07. The Morgan fingerprint density at radius 2 is 2.55 bits per heavy atom. The topological polar surface area (TPSA) is 35.2 Å². The van der Waals surface area contributed by atoms with E-state index in [1.165, 1.54) is 24.8 Å². The monoisotopic (exact) mass is 153 g/mol. The zero-order valence-electron chi connectivity index (χ0n) is 6.75. The summed E-state index contributed by atoms with van der Waals surface area (Å²) in [5, 5.41) is 0. The molecule has 1 fully saturated rings. The molecule has 0 amide bonds. The Morgan fingerprint density at radius 1 is 1.64 bits per heavy atom. The number of hydrogen-bond acceptors (Lipinski definition) is 2. The second-order valence-electron chi connectivity index (χ2n) is 3.51. The van der Waals surface area contributed by atoms with Gasteiger partial charge in [-0.25, -0.2) is 0 Å². The molecule has 0 aromatic rings. The van der Waals surface area contributed by atoms with E-state index in [0.717, 1.165) is 25.0 Å². The fourth-order valence-corrected chi connectivity index (χ4v) is 1.82. The van der Waals surface area contributed by atoms with Crippen molar-refractivity contribution in [1.82, 2.24) is 0 Å². The average Bonchev–Trinajstić information content (AvgIpc) is 2.85. The van der Waals surface area contributed by atoms with Crippen LogP contribution in [0.5, 0.6) is 0 Å². The average molecular weight is 153 g/mol. The first kappa shape index (κ1) is 7.17. The fourth-order valence-electron chi connectivity index (χ4n) is 1.82. The van der Waals surface area contributed by atoms with Gasteiger partial charge in [-0.3, -0.25) is 0 Å². The highest BCUT2D eigenvalue weighted by Crippen LogP contribution is 2.45. The molecule has 1 aliphatic heterocycles. The van der Waals surface area contributed by atoms with Gasteiger partial charge in [0.1, 0.15) is 0 Å². The molecule has 1 saturated carbocycles. The highest BCUT2D eigenvalue weighted by molar-refractivity contribution is 5.15. The molecule has 0 unspecified atom stereocenters. The van der Waals surface area contributed by atoms with Crippen molar-refractivity contribution in [2.24, 2.45) is 17.6 Å². The number of nitrogens with two attached hydrogens (primary N) is 1. The normalized spacial score (nSPS) is 35.9. The number of ether oxygens (including phenoxy) is 1. The first-order valence-electron chi connectivity index (χ1n) is 4.42. The van der Waals surface area contributed by atoms with Crippen molar-refractivity contribution in [1.29, 1.82) is 0 Å². The lowest BCUT2D eigenvalue weighted by Crippen LogP contribution is -2.06. The van der Waals surface area contributed by atoms with Gasteiger partial charge in [-0.1, -0.05) is 0 Å². The first-order chi connectivity index (χ1) is 5.42. The number of hydrogen-bond donors (Lipinski definition) is 1. The molecule has 0 bridgehead atoms. The highest BCUT2D eigenvalue weighted by Gasteiger charge is 2.38. The SMILES string of the molecule is NC[C@@H]1C[C@H]1C1=COCCC1. The van der Waals surface area contributed by atoms with E-state index in [1.54, 1.807) is 0 Å². The Kier molecular flexibility index (Phi) is 1.86. The second-order valence-corrected chi connectivity index (χ2v) is 3.51. The van der Waals surface area contributed by atoms with Crippen molar-refractivity contribution in [3.63, 3.8) is 0 Å². The summed E-state index contributed by atoms with van der Waals surface area (Å²) in [6.07, 6.45) is 5.69. The molecule has 0 aromatic heterocycles. The number of rotatable bonds is 2. The minimum atomic E-state index is 0.767. The van der Waals surface area contributed by atoms with Gasteiger partial charge in [0.2, 0.25) is 0 Å². The summed E-state index contributed by atoms with van der Waals surface area (Å²) in [6.45, 7) is 1.76. The minimum absolute atomic E-state index is 0.767. The van der Waals surface area contributed by atoms with E-state index in [0.29, 0.717) is 0 Å². The van der Waals surface area contributed by atoms with E-state index >= 15 is 0 Å². The summed E-state index contributed by atoms with van der Waals surface area (Å²) in [6, 6.07) is 0. The first-order valence-corrected chi connectivity index (χ1v) is 4.42. The molecule has 2 nitrogen and oxygen atoms in total. The zero-order chi connectivity index (χ0) is 7.68. The molecule has 62 valence electrons. The van der Waals surface area contributed by atoms with Crippen molar-refractivity contribution in [3.05, 3.63) is 11.8 Å². The summed E-state index contributed by atoms with van der Waals surface area (Å²) < 4.78 is 5.27. The third-order valence-electron chi connectivity index (χ3n) is 2.66. The van der Waals surface area contributed by atoms with Crippen LogP contribution < -0.4 is 5.73 Å². The minimum Gasteiger partial charge on any atom is -0.501 e. The van der Waals surface area contributed by atoms with Crippen LogP contribution in [0.1, 0.15) is 19.3 Å². The second kappa shape index (κ2) is 2.86. The van der Waals surface area contributed by atoms with Gasteiger partial charge in [0, 0.05) is 0 Å². The van der Waals surface area contributed by atoms with Gasteiger partial charge in [0.25, 0.3) is 0 Å². The van der Waals surface area contributed by atoms with Crippen molar-refractivity contribution in [3.8, 4) is 0 Å². The van der Waals surface area contributed by atoms with Crippen LogP contribution in [-0.2, 0) is 4.74 Å². The van der Waals surface area contributed by atoms with Crippen LogP contribution in [0.2, 0.25) is 0 Å². The molecule has 1 aliphatic carbocycles. The molecule has 0 spiro atoms.